The quantitative estimate of drug-likeness (QED) is 0.904. The van der Waals surface area contributed by atoms with Crippen molar-refractivity contribution in [3.05, 3.63) is 41.6 Å². The maximum Gasteiger partial charge on any atom is 0.326 e. The summed E-state index contributed by atoms with van der Waals surface area (Å²) in [4.78, 5) is 27.7. The van der Waals surface area contributed by atoms with Crippen molar-refractivity contribution >= 4 is 22.8 Å². The summed E-state index contributed by atoms with van der Waals surface area (Å²) >= 11 is 0. The van der Waals surface area contributed by atoms with Crippen molar-refractivity contribution in [2.75, 3.05) is 0 Å². The average Bonchev–Trinajstić information content (AvgIpc) is 2.43. The van der Waals surface area contributed by atoms with Gasteiger partial charge in [-0.05, 0) is 37.1 Å². The van der Waals surface area contributed by atoms with Gasteiger partial charge in [-0.1, -0.05) is 19.9 Å². The Balaban J connectivity index is 2.27. The second kappa shape index (κ2) is 5.91. The fourth-order valence-electron chi connectivity index (χ4n) is 2.11. The smallest absolute Gasteiger partial charge is 0.326 e. The first-order valence-corrected chi connectivity index (χ1v) is 6.79. The molecule has 2 rings (SSSR count). The summed E-state index contributed by atoms with van der Waals surface area (Å²) in [7, 11) is 0. The van der Waals surface area contributed by atoms with Crippen LogP contribution < -0.4 is 5.32 Å². The summed E-state index contributed by atoms with van der Waals surface area (Å²) < 4.78 is 0. The number of rotatable bonds is 4. The molecule has 0 radical (unpaired) electrons. The maximum atomic E-state index is 12.2. The molecule has 0 fully saturated rings. The molecule has 0 bridgehead atoms. The highest BCUT2D eigenvalue weighted by Crippen LogP contribution is 2.15. The van der Waals surface area contributed by atoms with E-state index in [1.807, 2.05) is 19.1 Å². The fourth-order valence-corrected chi connectivity index (χ4v) is 2.11. The van der Waals surface area contributed by atoms with Gasteiger partial charge in [0.2, 0.25) is 0 Å². The minimum absolute atomic E-state index is 0.184. The van der Waals surface area contributed by atoms with E-state index in [2.05, 4.69) is 10.3 Å². The first-order valence-electron chi connectivity index (χ1n) is 6.79. The molecule has 0 unspecified atom stereocenters. The number of carbonyl (C=O) groups excluding carboxylic acids is 1. The highest BCUT2D eigenvalue weighted by Gasteiger charge is 2.23. The molecular weight excluding hydrogens is 268 g/mol. The molecule has 110 valence electrons. The lowest BCUT2D eigenvalue weighted by atomic mass is 10.0. The second-order valence-corrected chi connectivity index (χ2v) is 5.39. The highest BCUT2D eigenvalue weighted by molar-refractivity contribution is 5.99. The molecule has 1 amide bonds. The monoisotopic (exact) mass is 286 g/mol. The van der Waals surface area contributed by atoms with Crippen LogP contribution in [0.1, 0.15) is 29.9 Å². The third-order valence-corrected chi connectivity index (χ3v) is 3.31. The number of carboxylic acid groups (broad SMARTS) is 1. The lowest BCUT2D eigenvalue weighted by molar-refractivity contribution is -0.140. The van der Waals surface area contributed by atoms with Gasteiger partial charge in [-0.2, -0.15) is 0 Å². The minimum atomic E-state index is -1.03. The molecule has 2 N–H and O–H groups in total. The van der Waals surface area contributed by atoms with Crippen LogP contribution in [0.5, 0.6) is 0 Å². The van der Waals surface area contributed by atoms with Crippen molar-refractivity contribution in [3.63, 3.8) is 0 Å². The third-order valence-electron chi connectivity index (χ3n) is 3.31. The van der Waals surface area contributed by atoms with E-state index < -0.39 is 17.9 Å². The van der Waals surface area contributed by atoms with Crippen molar-refractivity contribution < 1.29 is 14.7 Å². The topological polar surface area (TPSA) is 79.3 Å². The standard InChI is InChI=1S/C16H18N2O3/c1-9(2)14(16(20)21)18-15(19)12-6-7-13-11(8-12)5-4-10(3)17-13/h4-9,14H,1-3H3,(H,18,19)(H,20,21)/t14-/m1/s1. The number of fused-ring (bicyclic) bond motifs is 1. The molecule has 0 spiro atoms. The molecule has 0 saturated carbocycles. The largest absolute Gasteiger partial charge is 0.480 e. The van der Waals surface area contributed by atoms with Crippen molar-refractivity contribution in [1.82, 2.24) is 10.3 Å². The summed E-state index contributed by atoms with van der Waals surface area (Å²) in [5.74, 6) is -1.61. The van der Waals surface area contributed by atoms with E-state index in [4.69, 9.17) is 5.11 Å². The number of hydrogen-bond acceptors (Lipinski definition) is 3. The Morgan fingerprint density at radius 1 is 1.19 bits per heavy atom. The lowest BCUT2D eigenvalue weighted by Crippen LogP contribution is -2.44. The van der Waals surface area contributed by atoms with Gasteiger partial charge in [0.1, 0.15) is 6.04 Å². The molecule has 0 aliphatic heterocycles. The number of aryl methyl sites for hydroxylation is 1. The summed E-state index contributed by atoms with van der Waals surface area (Å²) in [5, 5.41) is 12.5. The molecule has 1 aromatic heterocycles. The van der Waals surface area contributed by atoms with Gasteiger partial charge in [0.05, 0.1) is 5.52 Å². The zero-order chi connectivity index (χ0) is 15.6. The van der Waals surface area contributed by atoms with Crippen molar-refractivity contribution in [2.24, 2.45) is 5.92 Å². The molecule has 0 aliphatic carbocycles. The Bertz CT molecular complexity index is 695. The van der Waals surface area contributed by atoms with Crippen LogP contribution in [0.4, 0.5) is 0 Å². The van der Waals surface area contributed by atoms with E-state index in [0.717, 1.165) is 16.6 Å². The molecule has 5 heteroatoms. The average molecular weight is 286 g/mol. The van der Waals surface area contributed by atoms with Crippen molar-refractivity contribution in [3.8, 4) is 0 Å². The van der Waals surface area contributed by atoms with E-state index in [0.29, 0.717) is 5.56 Å². The minimum Gasteiger partial charge on any atom is -0.480 e. The molecule has 5 nitrogen and oxygen atoms in total. The normalized spacial score (nSPS) is 12.4. The number of amides is 1. The van der Waals surface area contributed by atoms with E-state index in [1.165, 1.54) is 0 Å². The van der Waals surface area contributed by atoms with Gasteiger partial charge < -0.3 is 10.4 Å². The summed E-state index contributed by atoms with van der Waals surface area (Å²) in [6, 6.07) is 8.01. The predicted molar refractivity (Wildman–Crippen MR) is 80.2 cm³/mol. The van der Waals surface area contributed by atoms with Gasteiger partial charge in [0, 0.05) is 16.6 Å². The van der Waals surface area contributed by atoms with Gasteiger partial charge in [-0.15, -0.1) is 0 Å². The first kappa shape index (κ1) is 15.0. The van der Waals surface area contributed by atoms with Gasteiger partial charge >= 0.3 is 5.97 Å². The van der Waals surface area contributed by atoms with Crippen LogP contribution in [-0.2, 0) is 4.79 Å². The van der Waals surface area contributed by atoms with Crippen LogP contribution >= 0.6 is 0 Å². The van der Waals surface area contributed by atoms with Crippen LogP contribution in [0.25, 0.3) is 10.9 Å². The predicted octanol–water partition coefficient (Wildman–Crippen LogP) is 2.38. The van der Waals surface area contributed by atoms with Crippen LogP contribution in [0.15, 0.2) is 30.3 Å². The molecule has 1 atom stereocenters. The Labute approximate surface area is 123 Å². The fraction of sp³-hybridized carbons (Fsp3) is 0.312. The summed E-state index contributed by atoms with van der Waals surface area (Å²) in [5.41, 5.74) is 2.15. The number of pyridine rings is 1. The van der Waals surface area contributed by atoms with Gasteiger partial charge in [-0.3, -0.25) is 9.78 Å². The van der Waals surface area contributed by atoms with Crippen molar-refractivity contribution in [2.45, 2.75) is 26.8 Å². The number of aliphatic carboxylic acids is 1. The number of carbonyl (C=O) groups is 2. The molecule has 21 heavy (non-hydrogen) atoms. The summed E-state index contributed by atoms with van der Waals surface area (Å²) in [6.07, 6.45) is 0. The van der Waals surface area contributed by atoms with Crippen LogP contribution in [0.2, 0.25) is 0 Å². The maximum absolute atomic E-state index is 12.2. The van der Waals surface area contributed by atoms with Gasteiger partial charge in [0.25, 0.3) is 5.91 Å². The van der Waals surface area contributed by atoms with Gasteiger partial charge in [-0.25, -0.2) is 4.79 Å². The Hall–Kier alpha value is -2.43. The number of aromatic nitrogens is 1. The second-order valence-electron chi connectivity index (χ2n) is 5.39. The zero-order valence-electron chi connectivity index (χ0n) is 12.3. The van der Waals surface area contributed by atoms with E-state index in [9.17, 15) is 9.59 Å². The number of nitrogens with one attached hydrogen (secondary N) is 1. The van der Waals surface area contributed by atoms with E-state index in [1.54, 1.807) is 32.0 Å². The number of hydrogen-bond donors (Lipinski definition) is 2. The SMILES string of the molecule is Cc1ccc2cc(C(=O)N[C@@H](C(=O)O)C(C)C)ccc2n1. The Morgan fingerprint density at radius 2 is 1.90 bits per heavy atom. The van der Waals surface area contributed by atoms with Crippen molar-refractivity contribution in [1.29, 1.82) is 0 Å². The number of carboxylic acids is 1. The molecule has 0 saturated heterocycles. The molecule has 1 aromatic carbocycles. The molecule has 1 heterocycles. The van der Waals surface area contributed by atoms with Crippen LogP contribution in [0.3, 0.4) is 0 Å². The molecule has 0 aliphatic rings. The molecular formula is C16H18N2O3. The highest BCUT2D eigenvalue weighted by atomic mass is 16.4. The van der Waals surface area contributed by atoms with E-state index >= 15 is 0 Å². The third kappa shape index (κ3) is 3.37. The van der Waals surface area contributed by atoms with E-state index in [-0.39, 0.29) is 5.92 Å². The lowest BCUT2D eigenvalue weighted by Gasteiger charge is -2.18. The van der Waals surface area contributed by atoms with Crippen LogP contribution in [-0.4, -0.2) is 28.0 Å². The van der Waals surface area contributed by atoms with Crippen LogP contribution in [0, 0.1) is 12.8 Å². The number of benzene rings is 1. The Kier molecular flexibility index (Phi) is 4.21. The zero-order valence-corrected chi connectivity index (χ0v) is 12.3. The number of nitrogens with zero attached hydrogens (tertiary/aromatic N) is 1. The molecule has 2 aromatic rings. The first-order chi connectivity index (χ1) is 9.88. The summed E-state index contributed by atoms with van der Waals surface area (Å²) in [6.45, 7) is 5.42. The Morgan fingerprint density at radius 3 is 2.52 bits per heavy atom. The van der Waals surface area contributed by atoms with Gasteiger partial charge in [0.15, 0.2) is 0 Å².